The van der Waals surface area contributed by atoms with E-state index in [4.69, 9.17) is 16.2 Å². The highest BCUT2D eigenvalue weighted by Crippen LogP contribution is 2.13. The summed E-state index contributed by atoms with van der Waals surface area (Å²) in [5, 5.41) is 0. The van der Waals surface area contributed by atoms with Crippen LogP contribution in [-0.2, 0) is 11.2 Å². The molecule has 0 amide bonds. The Balaban J connectivity index is 0.000000347. The molecule has 3 nitrogen and oxygen atoms in total. The number of rotatable bonds is 4. The van der Waals surface area contributed by atoms with Crippen molar-refractivity contribution < 1.29 is 4.74 Å². The zero-order valence-electron chi connectivity index (χ0n) is 12.3. The van der Waals surface area contributed by atoms with Crippen molar-refractivity contribution in [2.75, 3.05) is 24.7 Å². The minimum absolute atomic E-state index is 0.802. The molecule has 20 heavy (non-hydrogen) atoms. The van der Waals surface area contributed by atoms with Gasteiger partial charge in [0.1, 0.15) is 0 Å². The summed E-state index contributed by atoms with van der Waals surface area (Å²) in [6.07, 6.45) is 0.917. The first-order valence-electron chi connectivity index (χ1n) is 6.92. The number of hydrogen-bond donors (Lipinski definition) is 2. The molecule has 2 aromatic rings. The van der Waals surface area contributed by atoms with Crippen molar-refractivity contribution in [3.8, 4) is 0 Å². The Labute approximate surface area is 121 Å². The maximum Gasteiger partial charge on any atom is 0.0437 e. The lowest BCUT2D eigenvalue weighted by atomic mass is 10.0. The van der Waals surface area contributed by atoms with Gasteiger partial charge >= 0.3 is 0 Å². The van der Waals surface area contributed by atoms with Crippen molar-refractivity contribution in [1.29, 1.82) is 0 Å². The van der Waals surface area contributed by atoms with Crippen LogP contribution in [0.2, 0.25) is 0 Å². The number of nitrogen functional groups attached to an aromatic ring is 2. The van der Waals surface area contributed by atoms with Crippen LogP contribution in [0.5, 0.6) is 0 Å². The van der Waals surface area contributed by atoms with Gasteiger partial charge in [-0.25, -0.2) is 0 Å². The number of nitrogens with two attached hydrogens (primary N) is 2. The Kier molecular flexibility index (Phi) is 7.22. The third kappa shape index (κ3) is 6.25. The van der Waals surface area contributed by atoms with Crippen LogP contribution in [-0.4, -0.2) is 13.2 Å². The molecule has 0 spiro atoms. The van der Waals surface area contributed by atoms with Gasteiger partial charge in [-0.3, -0.25) is 0 Å². The van der Waals surface area contributed by atoms with E-state index in [-0.39, 0.29) is 0 Å². The van der Waals surface area contributed by atoms with Gasteiger partial charge < -0.3 is 16.2 Å². The molecule has 0 aromatic heterocycles. The van der Waals surface area contributed by atoms with Gasteiger partial charge in [-0.1, -0.05) is 24.3 Å². The Hall–Kier alpha value is -2.00. The molecule has 2 rings (SSSR count). The van der Waals surface area contributed by atoms with Crippen molar-refractivity contribution in [3.05, 3.63) is 59.7 Å². The molecular formula is C17H24N2O. The summed E-state index contributed by atoms with van der Waals surface area (Å²) >= 11 is 0. The highest BCUT2D eigenvalue weighted by molar-refractivity contribution is 5.43. The highest BCUT2D eigenvalue weighted by atomic mass is 16.5. The molecule has 0 saturated carbocycles. The van der Waals surface area contributed by atoms with E-state index in [0.29, 0.717) is 0 Å². The molecular weight excluding hydrogens is 248 g/mol. The SMILES string of the molecule is CCOCC.Nc1ccc(Cc2ccc(N)cc2)cc1. The van der Waals surface area contributed by atoms with E-state index in [1.54, 1.807) is 0 Å². The lowest BCUT2D eigenvalue weighted by Crippen LogP contribution is -1.90. The minimum atomic E-state index is 0.802. The molecule has 0 aliphatic rings. The Morgan fingerprint density at radius 3 is 1.30 bits per heavy atom. The molecule has 0 atom stereocenters. The van der Waals surface area contributed by atoms with Gasteiger partial charge in [0.05, 0.1) is 0 Å². The molecule has 0 aliphatic heterocycles. The summed E-state index contributed by atoms with van der Waals surface area (Å²) in [4.78, 5) is 0. The maximum atomic E-state index is 5.62. The van der Waals surface area contributed by atoms with Crippen LogP contribution in [0.25, 0.3) is 0 Å². The standard InChI is InChI=1S/C13H14N2.C4H10O/c14-12-5-1-10(2-6-12)9-11-3-7-13(15)8-4-11;1-3-5-4-2/h1-8H,9,14-15H2;3-4H2,1-2H3. The topological polar surface area (TPSA) is 61.3 Å². The summed E-state index contributed by atoms with van der Waals surface area (Å²) in [5.41, 5.74) is 15.4. The normalized spacial score (nSPS) is 9.70. The quantitative estimate of drug-likeness (QED) is 0.838. The molecule has 0 unspecified atom stereocenters. The number of benzene rings is 2. The first-order valence-corrected chi connectivity index (χ1v) is 6.92. The summed E-state index contributed by atoms with van der Waals surface area (Å²) in [6.45, 7) is 5.67. The first kappa shape index (κ1) is 16.1. The van der Waals surface area contributed by atoms with Gasteiger partial charge in [-0.2, -0.15) is 0 Å². The predicted molar refractivity (Wildman–Crippen MR) is 86.7 cm³/mol. The fourth-order valence-electron chi connectivity index (χ4n) is 1.71. The van der Waals surface area contributed by atoms with E-state index in [1.807, 2.05) is 62.4 Å². The van der Waals surface area contributed by atoms with Gasteiger partial charge in [0.15, 0.2) is 0 Å². The molecule has 4 N–H and O–H groups in total. The van der Waals surface area contributed by atoms with Crippen molar-refractivity contribution >= 4 is 11.4 Å². The zero-order chi connectivity index (χ0) is 14.8. The number of hydrogen-bond acceptors (Lipinski definition) is 3. The molecule has 0 fully saturated rings. The van der Waals surface area contributed by atoms with Crippen LogP contribution in [0.15, 0.2) is 48.5 Å². The molecule has 0 radical (unpaired) electrons. The van der Waals surface area contributed by atoms with E-state index in [9.17, 15) is 0 Å². The second kappa shape index (κ2) is 8.99. The average Bonchev–Trinajstić information content (AvgIpc) is 2.45. The van der Waals surface area contributed by atoms with E-state index < -0.39 is 0 Å². The monoisotopic (exact) mass is 272 g/mol. The van der Waals surface area contributed by atoms with Crippen molar-refractivity contribution in [2.45, 2.75) is 20.3 Å². The zero-order valence-corrected chi connectivity index (χ0v) is 12.3. The predicted octanol–water partition coefficient (Wildman–Crippen LogP) is 3.48. The van der Waals surface area contributed by atoms with Crippen LogP contribution in [0.4, 0.5) is 11.4 Å². The third-order valence-electron chi connectivity index (χ3n) is 2.78. The lowest BCUT2D eigenvalue weighted by molar-refractivity contribution is 0.162. The number of ether oxygens (including phenoxy) is 1. The van der Waals surface area contributed by atoms with Gasteiger partial charge in [-0.15, -0.1) is 0 Å². The maximum absolute atomic E-state index is 5.62. The molecule has 0 heterocycles. The first-order chi connectivity index (χ1) is 9.65. The Bertz CT molecular complexity index is 432. The van der Waals surface area contributed by atoms with Gasteiger partial charge in [0.25, 0.3) is 0 Å². The largest absolute Gasteiger partial charge is 0.399 e. The minimum Gasteiger partial charge on any atom is -0.399 e. The van der Waals surface area contributed by atoms with Crippen LogP contribution in [0.3, 0.4) is 0 Å². The summed E-state index contributed by atoms with van der Waals surface area (Å²) in [5.74, 6) is 0. The smallest absolute Gasteiger partial charge is 0.0437 e. The average molecular weight is 272 g/mol. The van der Waals surface area contributed by atoms with Gasteiger partial charge in [-0.05, 0) is 55.7 Å². The fourth-order valence-corrected chi connectivity index (χ4v) is 1.71. The fraction of sp³-hybridized carbons (Fsp3) is 0.294. The summed E-state index contributed by atoms with van der Waals surface area (Å²) in [7, 11) is 0. The molecule has 2 aromatic carbocycles. The van der Waals surface area contributed by atoms with Crippen molar-refractivity contribution in [3.63, 3.8) is 0 Å². The summed E-state index contributed by atoms with van der Waals surface area (Å²) in [6, 6.07) is 15.9. The van der Waals surface area contributed by atoms with Crippen LogP contribution in [0, 0.1) is 0 Å². The third-order valence-corrected chi connectivity index (χ3v) is 2.78. The van der Waals surface area contributed by atoms with E-state index in [1.165, 1.54) is 11.1 Å². The number of anilines is 2. The van der Waals surface area contributed by atoms with E-state index >= 15 is 0 Å². The molecule has 3 heteroatoms. The van der Waals surface area contributed by atoms with Crippen LogP contribution in [0.1, 0.15) is 25.0 Å². The molecule has 0 aliphatic carbocycles. The van der Waals surface area contributed by atoms with E-state index in [2.05, 4.69) is 0 Å². The summed E-state index contributed by atoms with van der Waals surface area (Å²) < 4.78 is 4.83. The van der Waals surface area contributed by atoms with E-state index in [0.717, 1.165) is 31.0 Å². The highest BCUT2D eigenvalue weighted by Gasteiger charge is 1.95. The van der Waals surface area contributed by atoms with Crippen LogP contribution >= 0.6 is 0 Å². The Morgan fingerprint density at radius 2 is 1.05 bits per heavy atom. The van der Waals surface area contributed by atoms with Gasteiger partial charge in [0, 0.05) is 24.6 Å². The second-order valence-corrected chi connectivity index (χ2v) is 4.44. The lowest BCUT2D eigenvalue weighted by Gasteiger charge is -2.02. The molecule has 0 saturated heterocycles. The van der Waals surface area contributed by atoms with Crippen molar-refractivity contribution in [1.82, 2.24) is 0 Å². The molecule has 0 bridgehead atoms. The van der Waals surface area contributed by atoms with Crippen LogP contribution < -0.4 is 11.5 Å². The second-order valence-electron chi connectivity index (χ2n) is 4.44. The van der Waals surface area contributed by atoms with Gasteiger partial charge in [0.2, 0.25) is 0 Å². The Morgan fingerprint density at radius 1 is 0.700 bits per heavy atom. The molecule has 108 valence electrons. The van der Waals surface area contributed by atoms with Crippen molar-refractivity contribution in [2.24, 2.45) is 0 Å².